The van der Waals surface area contributed by atoms with Crippen molar-refractivity contribution in [2.75, 3.05) is 6.61 Å². The van der Waals surface area contributed by atoms with E-state index < -0.39 is 69.0 Å². The van der Waals surface area contributed by atoms with Crippen LogP contribution in [0.3, 0.4) is 0 Å². The van der Waals surface area contributed by atoms with Crippen LogP contribution in [0.2, 0.25) is 0 Å². The standard InChI is InChI=1S/C50H98NO11P/c1-4-7-10-13-16-19-21-23-26-28-31-34-37-42(38-35-32-29-27-24-22-20-17-14-11-8-5-2)49(56)62-63(58,59)61-48-44(41-52)60-50(57)46(47(48)55)51-45(54)40-43(53)39-36-33-30-25-18-15-12-9-6-3/h42-44,46-48,50,52-53,55,57H,4-41H2,1-3H3,(H,51,54)(H,58,59)/t43?,44-,46-,47-,48-,50?/m1/s1. The normalized spacial score (nSPS) is 20.5. The van der Waals surface area contributed by atoms with E-state index in [1.807, 2.05) is 0 Å². The van der Waals surface area contributed by atoms with E-state index in [1.54, 1.807) is 0 Å². The fourth-order valence-corrected chi connectivity index (χ4v) is 9.81. The molecule has 12 nitrogen and oxygen atoms in total. The number of carbonyl (C=O) groups excluding carboxylic acids is 2. The van der Waals surface area contributed by atoms with Crippen molar-refractivity contribution in [3.05, 3.63) is 0 Å². The first-order valence-electron chi connectivity index (χ1n) is 26.3. The molecule has 1 heterocycles. The van der Waals surface area contributed by atoms with Crippen LogP contribution in [0, 0.1) is 5.92 Å². The van der Waals surface area contributed by atoms with E-state index in [4.69, 9.17) is 13.8 Å². The third-order valence-electron chi connectivity index (χ3n) is 12.9. The molecule has 1 aliphatic rings. The van der Waals surface area contributed by atoms with Gasteiger partial charge in [-0.25, -0.2) is 4.57 Å². The van der Waals surface area contributed by atoms with Crippen molar-refractivity contribution in [1.29, 1.82) is 0 Å². The Morgan fingerprint density at radius 1 is 0.587 bits per heavy atom. The predicted octanol–water partition coefficient (Wildman–Crippen LogP) is 12.0. The fraction of sp³-hybridized carbons (Fsp3) is 0.960. The number of hydrogen-bond acceptors (Lipinski definition) is 10. The van der Waals surface area contributed by atoms with Crippen LogP contribution in [0.4, 0.5) is 0 Å². The highest BCUT2D eigenvalue weighted by molar-refractivity contribution is 7.48. The molecule has 1 saturated heterocycles. The minimum Gasteiger partial charge on any atom is -0.394 e. The van der Waals surface area contributed by atoms with Gasteiger partial charge in [0.2, 0.25) is 5.91 Å². The van der Waals surface area contributed by atoms with Gasteiger partial charge in [0.05, 0.1) is 25.0 Å². The summed E-state index contributed by atoms with van der Waals surface area (Å²) in [5, 5.41) is 44.8. The minimum absolute atomic E-state index is 0.280. The van der Waals surface area contributed by atoms with Gasteiger partial charge < -0.3 is 35.0 Å². The number of amides is 1. The number of aliphatic hydroxyl groups excluding tert-OH is 4. The molecule has 0 spiro atoms. The molecule has 374 valence electrons. The number of aliphatic hydroxyl groups is 4. The van der Waals surface area contributed by atoms with Gasteiger partial charge in [-0.3, -0.25) is 19.0 Å². The second-order valence-electron chi connectivity index (χ2n) is 18.8. The van der Waals surface area contributed by atoms with E-state index >= 15 is 0 Å². The lowest BCUT2D eigenvalue weighted by Crippen LogP contribution is -2.64. The molecule has 1 fully saturated rings. The highest BCUT2D eigenvalue weighted by atomic mass is 31.2. The van der Waals surface area contributed by atoms with Crippen molar-refractivity contribution >= 4 is 19.7 Å². The van der Waals surface area contributed by atoms with Crippen LogP contribution < -0.4 is 5.32 Å². The maximum Gasteiger partial charge on any atom is 0.530 e. The average Bonchev–Trinajstić information content (AvgIpc) is 3.25. The average molecular weight is 920 g/mol. The van der Waals surface area contributed by atoms with Crippen molar-refractivity contribution < 1.29 is 53.3 Å². The Hall–Kier alpha value is -1.11. The van der Waals surface area contributed by atoms with Crippen molar-refractivity contribution in [1.82, 2.24) is 5.32 Å². The molecule has 0 saturated carbocycles. The van der Waals surface area contributed by atoms with Crippen LogP contribution in [0.5, 0.6) is 0 Å². The smallest absolute Gasteiger partial charge is 0.394 e. The molecule has 3 unspecified atom stereocenters. The van der Waals surface area contributed by atoms with Gasteiger partial charge in [-0.15, -0.1) is 0 Å². The molecule has 1 rings (SSSR count). The molecule has 0 aromatic carbocycles. The Balaban J connectivity index is 2.70. The summed E-state index contributed by atoms with van der Waals surface area (Å²) < 4.78 is 29.3. The molecule has 1 amide bonds. The van der Waals surface area contributed by atoms with Gasteiger partial charge in [-0.1, -0.05) is 233 Å². The number of phosphoric ester groups is 1. The molecular weight excluding hydrogens is 822 g/mol. The summed E-state index contributed by atoms with van der Waals surface area (Å²) >= 11 is 0. The number of unbranched alkanes of at least 4 members (excludes halogenated alkanes) is 30. The molecular formula is C50H98NO11P. The number of phosphoric acid groups is 1. The number of rotatable bonds is 44. The summed E-state index contributed by atoms with van der Waals surface area (Å²) in [7, 11) is -5.17. The first kappa shape index (κ1) is 59.9. The van der Waals surface area contributed by atoms with Crippen LogP contribution in [0.1, 0.15) is 258 Å². The third kappa shape index (κ3) is 31.5. The molecule has 0 radical (unpaired) electrons. The summed E-state index contributed by atoms with van der Waals surface area (Å²) in [4.78, 5) is 37.3. The van der Waals surface area contributed by atoms with E-state index in [9.17, 15) is 39.5 Å². The topological polar surface area (TPSA) is 192 Å². The molecule has 7 atom stereocenters. The SMILES string of the molecule is CCCCCCCCCCCCCCC(CCCCCCCCCCCCCC)C(=O)OP(=O)(O)O[C@H]1[C@H](O)[C@@H](NC(=O)CC(O)CCCCCCCCCCC)C(O)O[C@@H]1CO. The van der Waals surface area contributed by atoms with Gasteiger partial charge in [0.1, 0.15) is 24.4 Å². The van der Waals surface area contributed by atoms with E-state index in [0.29, 0.717) is 19.3 Å². The zero-order valence-corrected chi connectivity index (χ0v) is 41.4. The fourth-order valence-electron chi connectivity index (χ4n) is 8.83. The highest BCUT2D eigenvalue weighted by Gasteiger charge is 2.49. The van der Waals surface area contributed by atoms with Crippen molar-refractivity contribution in [2.24, 2.45) is 5.92 Å². The molecule has 6 N–H and O–H groups in total. The predicted molar refractivity (Wildman–Crippen MR) is 254 cm³/mol. The second kappa shape index (κ2) is 40.0. The number of carbonyl (C=O) groups is 2. The van der Waals surface area contributed by atoms with Gasteiger partial charge in [-0.05, 0) is 19.3 Å². The van der Waals surface area contributed by atoms with Crippen LogP contribution in [-0.2, 0) is 27.9 Å². The van der Waals surface area contributed by atoms with Crippen molar-refractivity contribution in [2.45, 2.75) is 295 Å². The van der Waals surface area contributed by atoms with Crippen LogP contribution in [0.25, 0.3) is 0 Å². The lowest BCUT2D eigenvalue weighted by molar-refractivity contribution is -0.251. The molecule has 63 heavy (non-hydrogen) atoms. The molecule has 1 aliphatic heterocycles. The zero-order valence-electron chi connectivity index (χ0n) is 40.5. The number of nitrogens with one attached hydrogen (secondary N) is 1. The third-order valence-corrected chi connectivity index (χ3v) is 13.8. The molecule has 13 heteroatoms. The van der Waals surface area contributed by atoms with E-state index in [-0.39, 0.29) is 6.42 Å². The quantitative estimate of drug-likeness (QED) is 0.0252. The number of hydrogen-bond donors (Lipinski definition) is 6. The minimum atomic E-state index is -5.17. The van der Waals surface area contributed by atoms with E-state index in [2.05, 4.69) is 26.1 Å². The first-order chi connectivity index (χ1) is 30.5. The van der Waals surface area contributed by atoms with Gasteiger partial charge in [0, 0.05) is 0 Å². The summed E-state index contributed by atoms with van der Waals surface area (Å²) in [5.74, 6) is -2.11. The largest absolute Gasteiger partial charge is 0.530 e. The summed E-state index contributed by atoms with van der Waals surface area (Å²) in [6, 6.07) is -1.51. The van der Waals surface area contributed by atoms with E-state index in [0.717, 1.165) is 77.0 Å². The lowest BCUT2D eigenvalue weighted by Gasteiger charge is -2.42. The van der Waals surface area contributed by atoms with Crippen LogP contribution in [-0.4, -0.2) is 80.6 Å². The second-order valence-corrected chi connectivity index (χ2v) is 20.1. The Morgan fingerprint density at radius 2 is 0.937 bits per heavy atom. The lowest BCUT2D eigenvalue weighted by atomic mass is 9.94. The Labute approximate surface area is 384 Å². The maximum absolute atomic E-state index is 13.5. The first-order valence-corrected chi connectivity index (χ1v) is 27.8. The highest BCUT2D eigenvalue weighted by Crippen LogP contribution is 2.48. The summed E-state index contributed by atoms with van der Waals surface area (Å²) in [6.45, 7) is 5.87. The van der Waals surface area contributed by atoms with Crippen LogP contribution >= 0.6 is 7.82 Å². The Kier molecular flexibility index (Phi) is 38.0. The Morgan fingerprint density at radius 3 is 1.30 bits per heavy atom. The summed E-state index contributed by atoms with van der Waals surface area (Å²) in [6.07, 6.45) is 32.1. The van der Waals surface area contributed by atoms with Gasteiger partial charge in [0.25, 0.3) is 0 Å². The zero-order chi connectivity index (χ0) is 46.4. The molecule has 0 aromatic heterocycles. The van der Waals surface area contributed by atoms with Crippen molar-refractivity contribution in [3.8, 4) is 0 Å². The maximum atomic E-state index is 13.5. The Bertz CT molecular complexity index is 1100. The number of ether oxygens (including phenoxy) is 1. The van der Waals surface area contributed by atoms with Gasteiger partial charge >= 0.3 is 13.8 Å². The van der Waals surface area contributed by atoms with Crippen molar-refractivity contribution in [3.63, 3.8) is 0 Å². The van der Waals surface area contributed by atoms with E-state index in [1.165, 1.54) is 135 Å². The van der Waals surface area contributed by atoms with Gasteiger partial charge in [-0.2, -0.15) is 0 Å². The van der Waals surface area contributed by atoms with Crippen LogP contribution in [0.15, 0.2) is 0 Å². The monoisotopic (exact) mass is 920 g/mol. The summed E-state index contributed by atoms with van der Waals surface area (Å²) in [5.41, 5.74) is 0. The molecule has 0 aromatic rings. The molecule has 0 aliphatic carbocycles. The molecule has 0 bridgehead atoms. The van der Waals surface area contributed by atoms with Gasteiger partial charge in [0.15, 0.2) is 6.29 Å².